The van der Waals surface area contributed by atoms with Crippen molar-refractivity contribution in [2.75, 3.05) is 6.54 Å². The summed E-state index contributed by atoms with van der Waals surface area (Å²) in [4.78, 5) is 11.8. The molecule has 0 aliphatic rings. The molecule has 0 aliphatic carbocycles. The molecule has 1 unspecified atom stereocenters. The maximum atomic E-state index is 11.8. The highest BCUT2D eigenvalue weighted by atomic mass is 16.2. The molecule has 0 saturated carbocycles. The molecule has 4 heteroatoms. The monoisotopic (exact) mass is 249 g/mol. The Kier molecular flexibility index (Phi) is 5.65. The molecule has 18 heavy (non-hydrogen) atoms. The molecule has 4 nitrogen and oxygen atoms in total. The van der Waals surface area contributed by atoms with Crippen molar-refractivity contribution >= 4 is 6.03 Å². The smallest absolute Gasteiger partial charge is 0.315 e. The Hall–Kier alpha value is -1.55. The molecule has 1 aromatic carbocycles. The lowest BCUT2D eigenvalue weighted by atomic mass is 9.95. The summed E-state index contributed by atoms with van der Waals surface area (Å²) in [5.41, 5.74) is 6.42. The predicted octanol–water partition coefficient (Wildman–Crippen LogP) is 2.00. The third kappa shape index (κ3) is 4.75. The van der Waals surface area contributed by atoms with Gasteiger partial charge in [0.2, 0.25) is 0 Å². The first-order chi connectivity index (χ1) is 8.59. The molecule has 1 aromatic rings. The predicted molar refractivity (Wildman–Crippen MR) is 74.2 cm³/mol. The van der Waals surface area contributed by atoms with E-state index in [1.807, 2.05) is 44.2 Å². The standard InChI is InChI=1S/C14H23N3O/c1-3-14(2,9-10-15)17-13(18)16-11-12-7-5-4-6-8-12/h4-8H,3,9-11,15H2,1-2H3,(H2,16,17,18). The Morgan fingerprint density at radius 2 is 2.00 bits per heavy atom. The average Bonchev–Trinajstić information content (AvgIpc) is 2.38. The van der Waals surface area contributed by atoms with Crippen LogP contribution in [0.1, 0.15) is 32.3 Å². The van der Waals surface area contributed by atoms with Crippen LogP contribution in [0.25, 0.3) is 0 Å². The van der Waals surface area contributed by atoms with E-state index in [1.165, 1.54) is 0 Å². The molecule has 2 amide bonds. The van der Waals surface area contributed by atoms with Crippen molar-refractivity contribution in [3.05, 3.63) is 35.9 Å². The van der Waals surface area contributed by atoms with Gasteiger partial charge >= 0.3 is 6.03 Å². The number of nitrogens with one attached hydrogen (secondary N) is 2. The van der Waals surface area contributed by atoms with E-state index in [2.05, 4.69) is 10.6 Å². The minimum absolute atomic E-state index is 0.142. The van der Waals surface area contributed by atoms with E-state index in [0.717, 1.165) is 18.4 Å². The maximum absolute atomic E-state index is 11.8. The van der Waals surface area contributed by atoms with Crippen LogP contribution < -0.4 is 16.4 Å². The summed E-state index contributed by atoms with van der Waals surface area (Å²) < 4.78 is 0. The van der Waals surface area contributed by atoms with Crippen molar-refractivity contribution in [3.63, 3.8) is 0 Å². The van der Waals surface area contributed by atoms with E-state index in [-0.39, 0.29) is 11.6 Å². The topological polar surface area (TPSA) is 67.1 Å². The second-order valence-corrected chi connectivity index (χ2v) is 4.75. The van der Waals surface area contributed by atoms with Crippen LogP contribution in [0.15, 0.2) is 30.3 Å². The molecule has 100 valence electrons. The van der Waals surface area contributed by atoms with Gasteiger partial charge in [-0.15, -0.1) is 0 Å². The van der Waals surface area contributed by atoms with Crippen LogP contribution in [0.2, 0.25) is 0 Å². The van der Waals surface area contributed by atoms with Crippen molar-refractivity contribution in [1.82, 2.24) is 10.6 Å². The van der Waals surface area contributed by atoms with Crippen LogP contribution in [-0.4, -0.2) is 18.1 Å². The number of rotatable bonds is 6. The zero-order chi connectivity index (χ0) is 13.4. The lowest BCUT2D eigenvalue weighted by Crippen LogP contribution is -2.50. The van der Waals surface area contributed by atoms with Gasteiger partial charge in [0.15, 0.2) is 0 Å². The van der Waals surface area contributed by atoms with Crippen LogP contribution in [0.5, 0.6) is 0 Å². The van der Waals surface area contributed by atoms with Crippen LogP contribution in [-0.2, 0) is 6.54 Å². The van der Waals surface area contributed by atoms with Gasteiger partial charge in [-0.25, -0.2) is 4.79 Å². The second-order valence-electron chi connectivity index (χ2n) is 4.75. The van der Waals surface area contributed by atoms with Crippen molar-refractivity contribution < 1.29 is 4.79 Å². The summed E-state index contributed by atoms with van der Waals surface area (Å²) in [7, 11) is 0. The number of carbonyl (C=O) groups is 1. The fourth-order valence-corrected chi connectivity index (χ4v) is 1.74. The summed E-state index contributed by atoms with van der Waals surface area (Å²) in [6.45, 7) is 5.17. The Bertz CT molecular complexity index is 367. The normalized spacial score (nSPS) is 13.7. The Morgan fingerprint density at radius 3 is 2.56 bits per heavy atom. The zero-order valence-corrected chi connectivity index (χ0v) is 11.2. The van der Waals surface area contributed by atoms with E-state index in [4.69, 9.17) is 5.73 Å². The SMILES string of the molecule is CCC(C)(CCN)NC(=O)NCc1ccccc1. The van der Waals surface area contributed by atoms with E-state index >= 15 is 0 Å². The molecule has 4 N–H and O–H groups in total. The van der Waals surface area contributed by atoms with Crippen molar-refractivity contribution in [3.8, 4) is 0 Å². The highest BCUT2D eigenvalue weighted by Crippen LogP contribution is 2.12. The lowest BCUT2D eigenvalue weighted by molar-refractivity contribution is 0.223. The number of benzene rings is 1. The van der Waals surface area contributed by atoms with Gasteiger partial charge in [0.1, 0.15) is 0 Å². The number of urea groups is 1. The molecular formula is C14H23N3O. The van der Waals surface area contributed by atoms with Gasteiger partial charge < -0.3 is 16.4 Å². The van der Waals surface area contributed by atoms with E-state index in [1.54, 1.807) is 0 Å². The molecule has 0 fully saturated rings. The van der Waals surface area contributed by atoms with Gasteiger partial charge in [0.25, 0.3) is 0 Å². The van der Waals surface area contributed by atoms with Crippen molar-refractivity contribution in [2.45, 2.75) is 38.8 Å². The highest BCUT2D eigenvalue weighted by molar-refractivity contribution is 5.74. The van der Waals surface area contributed by atoms with Crippen LogP contribution in [0, 0.1) is 0 Å². The average molecular weight is 249 g/mol. The highest BCUT2D eigenvalue weighted by Gasteiger charge is 2.22. The Balaban J connectivity index is 2.41. The summed E-state index contributed by atoms with van der Waals surface area (Å²) in [6.07, 6.45) is 1.64. The molecule has 0 spiro atoms. The molecule has 0 aromatic heterocycles. The molecule has 0 heterocycles. The Labute approximate surface area is 109 Å². The van der Waals surface area contributed by atoms with E-state index in [0.29, 0.717) is 13.1 Å². The molecule has 0 bridgehead atoms. The maximum Gasteiger partial charge on any atom is 0.315 e. The Morgan fingerprint density at radius 1 is 1.33 bits per heavy atom. The third-order valence-corrected chi connectivity index (χ3v) is 3.19. The number of nitrogens with two attached hydrogens (primary N) is 1. The van der Waals surface area contributed by atoms with Gasteiger partial charge in [-0.2, -0.15) is 0 Å². The van der Waals surface area contributed by atoms with Crippen LogP contribution in [0.3, 0.4) is 0 Å². The first-order valence-corrected chi connectivity index (χ1v) is 6.39. The molecule has 0 radical (unpaired) electrons. The number of hydrogen-bond acceptors (Lipinski definition) is 2. The number of hydrogen-bond donors (Lipinski definition) is 3. The lowest BCUT2D eigenvalue weighted by Gasteiger charge is -2.29. The van der Waals surface area contributed by atoms with Gasteiger partial charge in [0, 0.05) is 12.1 Å². The van der Waals surface area contributed by atoms with Gasteiger partial charge in [0.05, 0.1) is 0 Å². The van der Waals surface area contributed by atoms with Crippen molar-refractivity contribution in [1.29, 1.82) is 0 Å². The second kappa shape index (κ2) is 7.01. The minimum Gasteiger partial charge on any atom is -0.334 e. The van der Waals surface area contributed by atoms with Crippen LogP contribution >= 0.6 is 0 Å². The first-order valence-electron chi connectivity index (χ1n) is 6.39. The summed E-state index contributed by atoms with van der Waals surface area (Å²) in [5, 5.41) is 5.84. The molecule has 1 rings (SSSR count). The van der Waals surface area contributed by atoms with Crippen molar-refractivity contribution in [2.24, 2.45) is 5.73 Å². The fourth-order valence-electron chi connectivity index (χ4n) is 1.74. The molecule has 1 atom stereocenters. The summed E-state index contributed by atoms with van der Waals surface area (Å²) in [5.74, 6) is 0. The quantitative estimate of drug-likeness (QED) is 0.722. The molecule has 0 aliphatic heterocycles. The molecule has 0 saturated heterocycles. The summed E-state index contributed by atoms with van der Waals surface area (Å²) >= 11 is 0. The third-order valence-electron chi connectivity index (χ3n) is 3.19. The van der Waals surface area contributed by atoms with Gasteiger partial charge in [-0.1, -0.05) is 37.3 Å². The van der Waals surface area contributed by atoms with E-state index < -0.39 is 0 Å². The van der Waals surface area contributed by atoms with Gasteiger partial charge in [-0.05, 0) is 31.9 Å². The number of amides is 2. The molecular weight excluding hydrogens is 226 g/mol. The summed E-state index contributed by atoms with van der Waals surface area (Å²) in [6, 6.07) is 9.70. The van der Waals surface area contributed by atoms with Gasteiger partial charge in [-0.3, -0.25) is 0 Å². The van der Waals surface area contributed by atoms with E-state index in [9.17, 15) is 4.79 Å². The fraction of sp³-hybridized carbons (Fsp3) is 0.500. The van der Waals surface area contributed by atoms with Crippen LogP contribution in [0.4, 0.5) is 4.79 Å². The minimum atomic E-state index is -0.227. The number of carbonyl (C=O) groups excluding carboxylic acids is 1. The first kappa shape index (κ1) is 14.5. The zero-order valence-electron chi connectivity index (χ0n) is 11.2. The largest absolute Gasteiger partial charge is 0.334 e.